The first-order valence-electron chi connectivity index (χ1n) is 16.4. The van der Waals surface area contributed by atoms with Gasteiger partial charge in [0.1, 0.15) is 0 Å². The second kappa shape index (κ2) is 10.2. The zero-order valence-electron chi connectivity index (χ0n) is 27.1. The van der Waals surface area contributed by atoms with Crippen LogP contribution in [0.3, 0.4) is 0 Å². The molecule has 0 unspecified atom stereocenters. The van der Waals surface area contributed by atoms with Gasteiger partial charge in [0.25, 0.3) is 0 Å². The summed E-state index contributed by atoms with van der Waals surface area (Å²) in [5, 5.41) is 4.87. The van der Waals surface area contributed by atoms with Crippen LogP contribution in [0.25, 0.3) is 66.1 Å². The van der Waals surface area contributed by atoms with E-state index in [1.807, 2.05) is 0 Å². The first-order chi connectivity index (χ1) is 22.8. The number of hydrogen-bond acceptors (Lipinski definition) is 2. The van der Waals surface area contributed by atoms with Crippen molar-refractivity contribution in [3.8, 4) is 22.5 Å². The van der Waals surface area contributed by atoms with Crippen LogP contribution in [0, 0.1) is 0 Å². The Labute approximate surface area is 274 Å². The summed E-state index contributed by atoms with van der Waals surface area (Å²) < 4.78 is 17.9. The molecule has 0 radical (unpaired) electrons. The molecule has 47 heavy (non-hydrogen) atoms. The monoisotopic (exact) mass is 610 g/mol. The van der Waals surface area contributed by atoms with Crippen LogP contribution in [0.1, 0.15) is 27.7 Å². The third kappa shape index (κ3) is 4.24. The van der Waals surface area contributed by atoms with Crippen molar-refractivity contribution in [2.45, 2.75) is 38.9 Å². The predicted octanol–water partition coefficient (Wildman–Crippen LogP) is 9.85. The Kier molecular flexibility index (Phi) is 6.11. The molecule has 0 atom stereocenters. The molecule has 9 rings (SSSR count). The van der Waals surface area contributed by atoms with Crippen molar-refractivity contribution in [3.05, 3.63) is 140 Å². The molecule has 6 aromatic carbocycles. The van der Waals surface area contributed by atoms with Crippen LogP contribution in [0.5, 0.6) is 0 Å². The van der Waals surface area contributed by atoms with Gasteiger partial charge in [-0.1, -0.05) is 103 Å². The molecule has 0 amide bonds. The maximum Gasteiger partial charge on any atom is 0.494 e. The number of fused-ring (bicyclic) bond motifs is 6. The maximum absolute atomic E-state index is 6.51. The summed E-state index contributed by atoms with van der Waals surface area (Å²) >= 11 is 0. The minimum absolute atomic E-state index is 0.415. The highest BCUT2D eigenvalue weighted by Crippen LogP contribution is 2.41. The Hall–Kier alpha value is -5.10. The van der Waals surface area contributed by atoms with Crippen molar-refractivity contribution >= 4 is 56.2 Å². The van der Waals surface area contributed by atoms with Gasteiger partial charge in [0.05, 0.1) is 39.0 Å². The maximum atomic E-state index is 6.51. The predicted molar refractivity (Wildman–Crippen MR) is 196 cm³/mol. The molecule has 1 fully saturated rings. The fraction of sp³-hybridized carbons (Fsp3) is 0.143. The summed E-state index contributed by atoms with van der Waals surface area (Å²) in [6.07, 6.45) is 0. The van der Waals surface area contributed by atoms with E-state index in [4.69, 9.17) is 9.31 Å². The Morgan fingerprint density at radius 1 is 0.468 bits per heavy atom. The Bertz CT molecular complexity index is 2460. The molecule has 228 valence electrons. The molecule has 5 heteroatoms. The molecule has 1 aliphatic rings. The molecule has 0 saturated carbocycles. The lowest BCUT2D eigenvalue weighted by molar-refractivity contribution is 0.00578. The van der Waals surface area contributed by atoms with E-state index in [-0.39, 0.29) is 0 Å². The van der Waals surface area contributed by atoms with Crippen molar-refractivity contribution in [1.29, 1.82) is 0 Å². The van der Waals surface area contributed by atoms with Gasteiger partial charge in [-0.25, -0.2) is 0 Å². The highest BCUT2D eigenvalue weighted by molar-refractivity contribution is 6.62. The van der Waals surface area contributed by atoms with Crippen molar-refractivity contribution in [2.24, 2.45) is 0 Å². The second-order valence-electron chi connectivity index (χ2n) is 13.7. The molecular weight excluding hydrogens is 575 g/mol. The Balaban J connectivity index is 1.31. The smallest absolute Gasteiger partial charge is 0.399 e. The summed E-state index contributed by atoms with van der Waals surface area (Å²) in [6.45, 7) is 8.42. The lowest BCUT2D eigenvalue weighted by Crippen LogP contribution is -2.41. The van der Waals surface area contributed by atoms with Gasteiger partial charge in [0, 0.05) is 27.2 Å². The van der Waals surface area contributed by atoms with Crippen molar-refractivity contribution in [1.82, 2.24) is 9.13 Å². The molecule has 1 aliphatic heterocycles. The standard InChI is InChI=1S/C42H35BN2O2/c1-41(2)42(3,4)47-43(46-41)30-23-26-34-32-15-8-11-19-37(32)45(39(34)27-30)38-20-12-17-35-33-16-9-10-18-36(33)44(40(35)38)31-24-21-29(22-25-31)28-13-6-5-7-14-28/h5-27H,1-4H3. The summed E-state index contributed by atoms with van der Waals surface area (Å²) in [4.78, 5) is 0. The van der Waals surface area contributed by atoms with E-state index in [0.29, 0.717) is 0 Å². The molecule has 0 N–H and O–H groups in total. The van der Waals surface area contributed by atoms with Gasteiger partial charge < -0.3 is 18.4 Å². The summed E-state index contributed by atoms with van der Waals surface area (Å²) in [5.74, 6) is 0. The van der Waals surface area contributed by atoms with Gasteiger partial charge >= 0.3 is 7.12 Å². The average Bonchev–Trinajstić information content (AvgIpc) is 3.68. The molecule has 0 bridgehead atoms. The Morgan fingerprint density at radius 2 is 1.02 bits per heavy atom. The van der Waals surface area contributed by atoms with E-state index in [0.717, 1.165) is 27.9 Å². The van der Waals surface area contributed by atoms with Crippen LogP contribution < -0.4 is 5.46 Å². The first kappa shape index (κ1) is 28.2. The van der Waals surface area contributed by atoms with Crippen LogP contribution in [-0.4, -0.2) is 27.5 Å². The van der Waals surface area contributed by atoms with Crippen LogP contribution in [0.4, 0.5) is 0 Å². The molecule has 0 aliphatic carbocycles. The highest BCUT2D eigenvalue weighted by atomic mass is 16.7. The van der Waals surface area contributed by atoms with E-state index >= 15 is 0 Å². The zero-order chi connectivity index (χ0) is 31.9. The van der Waals surface area contributed by atoms with Crippen LogP contribution in [0.15, 0.2) is 140 Å². The van der Waals surface area contributed by atoms with E-state index in [1.54, 1.807) is 0 Å². The molecule has 0 spiro atoms. The van der Waals surface area contributed by atoms with Gasteiger partial charge in [0.15, 0.2) is 0 Å². The minimum atomic E-state index is -0.443. The number of nitrogens with zero attached hydrogens (tertiary/aromatic N) is 2. The fourth-order valence-electron chi connectivity index (χ4n) is 7.26. The normalized spacial score (nSPS) is 15.8. The Morgan fingerprint density at radius 3 is 1.72 bits per heavy atom. The third-order valence-corrected chi connectivity index (χ3v) is 10.4. The lowest BCUT2D eigenvalue weighted by atomic mass is 9.79. The third-order valence-electron chi connectivity index (χ3n) is 10.4. The fourth-order valence-corrected chi connectivity index (χ4v) is 7.26. The minimum Gasteiger partial charge on any atom is -0.399 e. The van der Waals surface area contributed by atoms with Gasteiger partial charge in [-0.15, -0.1) is 0 Å². The number of benzene rings is 6. The van der Waals surface area contributed by atoms with Crippen LogP contribution in [0.2, 0.25) is 0 Å². The van der Waals surface area contributed by atoms with Gasteiger partial charge in [0.2, 0.25) is 0 Å². The van der Waals surface area contributed by atoms with Crippen LogP contribution >= 0.6 is 0 Å². The zero-order valence-corrected chi connectivity index (χ0v) is 27.1. The molecule has 4 nitrogen and oxygen atoms in total. The average molecular weight is 611 g/mol. The van der Waals surface area contributed by atoms with Gasteiger partial charge in [-0.3, -0.25) is 0 Å². The molecular formula is C42H35BN2O2. The van der Waals surface area contributed by atoms with Crippen molar-refractivity contribution in [3.63, 3.8) is 0 Å². The SMILES string of the molecule is CC1(C)OB(c2ccc3c4ccccc4n(-c4cccc5c6ccccc6n(-c6ccc(-c7ccccc7)cc6)c45)c3c2)OC1(C)C. The number of aromatic nitrogens is 2. The highest BCUT2D eigenvalue weighted by Gasteiger charge is 2.51. The molecule has 2 aromatic heterocycles. The number of hydrogen-bond donors (Lipinski definition) is 0. The molecule has 8 aromatic rings. The molecule has 3 heterocycles. The number of rotatable bonds is 4. The van der Waals surface area contributed by atoms with Crippen molar-refractivity contribution < 1.29 is 9.31 Å². The van der Waals surface area contributed by atoms with Crippen molar-refractivity contribution in [2.75, 3.05) is 0 Å². The van der Waals surface area contributed by atoms with E-state index in [2.05, 4.69) is 176 Å². The summed E-state index contributed by atoms with van der Waals surface area (Å²) in [7, 11) is -0.443. The number of para-hydroxylation sites is 3. The van der Waals surface area contributed by atoms with Gasteiger partial charge in [-0.05, 0) is 80.7 Å². The van der Waals surface area contributed by atoms with Gasteiger partial charge in [-0.2, -0.15) is 0 Å². The second-order valence-corrected chi connectivity index (χ2v) is 13.7. The lowest BCUT2D eigenvalue weighted by Gasteiger charge is -2.32. The summed E-state index contributed by atoms with van der Waals surface area (Å²) in [5.41, 5.74) is 9.50. The largest absolute Gasteiger partial charge is 0.494 e. The topological polar surface area (TPSA) is 28.3 Å². The van der Waals surface area contributed by atoms with E-state index in [1.165, 1.54) is 43.7 Å². The van der Waals surface area contributed by atoms with E-state index in [9.17, 15) is 0 Å². The summed E-state index contributed by atoms with van der Waals surface area (Å²) in [6, 6.07) is 50.3. The van der Waals surface area contributed by atoms with Crippen LogP contribution in [-0.2, 0) is 9.31 Å². The molecule has 1 saturated heterocycles. The first-order valence-corrected chi connectivity index (χ1v) is 16.4. The quantitative estimate of drug-likeness (QED) is 0.186. The van der Waals surface area contributed by atoms with E-state index < -0.39 is 18.3 Å².